The lowest BCUT2D eigenvalue weighted by Crippen LogP contribution is -1.91. The van der Waals surface area contributed by atoms with Crippen molar-refractivity contribution < 1.29 is 9.26 Å². The predicted molar refractivity (Wildman–Crippen MR) is 44.1 cm³/mol. The van der Waals surface area contributed by atoms with E-state index in [9.17, 15) is 0 Å². The van der Waals surface area contributed by atoms with Crippen LogP contribution in [0.3, 0.4) is 0 Å². The summed E-state index contributed by atoms with van der Waals surface area (Å²) in [5, 5.41) is 3.69. The van der Waals surface area contributed by atoms with E-state index in [0.717, 1.165) is 5.56 Å². The maximum atomic E-state index is 5.04. The molecule has 5 heteroatoms. The zero-order valence-corrected chi connectivity index (χ0v) is 6.97. The Balaban J connectivity index is 2.51. The van der Waals surface area contributed by atoms with E-state index in [2.05, 4.69) is 19.6 Å². The second-order valence-electron chi connectivity index (χ2n) is 2.32. The van der Waals surface area contributed by atoms with Crippen molar-refractivity contribution in [3.63, 3.8) is 0 Å². The van der Waals surface area contributed by atoms with Crippen LogP contribution in [0.5, 0.6) is 5.88 Å². The minimum absolute atomic E-state index is 0.477. The van der Waals surface area contributed by atoms with E-state index in [1.165, 1.54) is 6.39 Å². The van der Waals surface area contributed by atoms with Gasteiger partial charge in [0.15, 0.2) is 0 Å². The first-order chi connectivity index (χ1) is 6.42. The van der Waals surface area contributed by atoms with Gasteiger partial charge in [-0.25, -0.2) is 4.98 Å². The van der Waals surface area contributed by atoms with Gasteiger partial charge in [-0.3, -0.25) is 0 Å². The molecule has 13 heavy (non-hydrogen) atoms. The third kappa shape index (κ3) is 1.35. The lowest BCUT2D eigenvalue weighted by Gasteiger charge is -2.01. The average Bonchev–Trinajstić information content (AvgIpc) is 2.70. The largest absolute Gasteiger partial charge is 0.480 e. The van der Waals surface area contributed by atoms with Crippen LogP contribution in [0.1, 0.15) is 0 Å². The molecule has 0 radical (unpaired) electrons. The molecule has 0 atom stereocenters. The molecular weight excluding hydrogens is 170 g/mol. The number of pyridine rings is 1. The summed E-state index contributed by atoms with van der Waals surface area (Å²) in [7, 11) is 1.55. The van der Waals surface area contributed by atoms with Crippen LogP contribution in [0.25, 0.3) is 11.4 Å². The highest BCUT2D eigenvalue weighted by Crippen LogP contribution is 2.23. The molecule has 2 aromatic heterocycles. The zero-order chi connectivity index (χ0) is 9.10. The lowest BCUT2D eigenvalue weighted by atomic mass is 10.2. The van der Waals surface area contributed by atoms with Crippen molar-refractivity contribution >= 4 is 0 Å². The fourth-order valence-corrected chi connectivity index (χ4v) is 1.01. The third-order valence-corrected chi connectivity index (χ3v) is 1.57. The fraction of sp³-hybridized carbons (Fsp3) is 0.125. The molecule has 0 aliphatic rings. The molecule has 0 bridgehead atoms. The number of nitrogens with zero attached hydrogens (tertiary/aromatic N) is 3. The summed E-state index contributed by atoms with van der Waals surface area (Å²) in [5.41, 5.74) is 0.721. The molecule has 2 heterocycles. The summed E-state index contributed by atoms with van der Waals surface area (Å²) in [6.07, 6.45) is 2.91. The second-order valence-corrected chi connectivity index (χ2v) is 2.32. The minimum atomic E-state index is 0.477. The van der Waals surface area contributed by atoms with Crippen LogP contribution in [0, 0.1) is 0 Å². The molecule has 0 fully saturated rings. The van der Waals surface area contributed by atoms with Crippen molar-refractivity contribution in [1.82, 2.24) is 15.1 Å². The molecule has 0 aliphatic heterocycles. The van der Waals surface area contributed by atoms with Gasteiger partial charge < -0.3 is 9.26 Å². The van der Waals surface area contributed by atoms with Gasteiger partial charge in [-0.15, -0.1) is 0 Å². The van der Waals surface area contributed by atoms with Crippen molar-refractivity contribution in [3.05, 3.63) is 24.7 Å². The van der Waals surface area contributed by atoms with Crippen molar-refractivity contribution in [2.24, 2.45) is 0 Å². The molecular formula is C8H7N3O2. The molecule has 2 aromatic rings. The Hall–Kier alpha value is -1.91. The Bertz CT molecular complexity index is 386. The first-order valence-corrected chi connectivity index (χ1v) is 3.67. The third-order valence-electron chi connectivity index (χ3n) is 1.57. The van der Waals surface area contributed by atoms with E-state index in [1.807, 2.05) is 6.07 Å². The quantitative estimate of drug-likeness (QED) is 0.688. The molecule has 0 unspecified atom stereocenters. The molecule has 5 nitrogen and oxygen atoms in total. The Labute approximate surface area is 74.4 Å². The van der Waals surface area contributed by atoms with Gasteiger partial charge in [0, 0.05) is 6.20 Å². The van der Waals surface area contributed by atoms with Crippen LogP contribution in [0.15, 0.2) is 29.2 Å². The predicted octanol–water partition coefficient (Wildman–Crippen LogP) is 1.14. The van der Waals surface area contributed by atoms with Crippen LogP contribution >= 0.6 is 0 Å². The van der Waals surface area contributed by atoms with Crippen molar-refractivity contribution in [1.29, 1.82) is 0 Å². The van der Waals surface area contributed by atoms with Crippen LogP contribution in [-0.4, -0.2) is 22.2 Å². The van der Waals surface area contributed by atoms with Crippen LogP contribution in [-0.2, 0) is 0 Å². The number of ether oxygens (including phenoxy) is 1. The van der Waals surface area contributed by atoms with Gasteiger partial charge in [0.1, 0.15) is 0 Å². The molecule has 0 spiro atoms. The average molecular weight is 177 g/mol. The van der Waals surface area contributed by atoms with E-state index >= 15 is 0 Å². The van der Waals surface area contributed by atoms with Crippen LogP contribution in [0.2, 0.25) is 0 Å². The Kier molecular flexibility index (Phi) is 1.91. The fourth-order valence-electron chi connectivity index (χ4n) is 1.01. The second kappa shape index (κ2) is 3.22. The van der Waals surface area contributed by atoms with Crippen molar-refractivity contribution in [2.45, 2.75) is 0 Å². The number of methoxy groups -OCH3 is 1. The summed E-state index contributed by atoms with van der Waals surface area (Å²) >= 11 is 0. The van der Waals surface area contributed by atoms with E-state index in [4.69, 9.17) is 4.74 Å². The Morgan fingerprint density at radius 1 is 1.38 bits per heavy atom. The van der Waals surface area contributed by atoms with Gasteiger partial charge in [0.05, 0.1) is 12.7 Å². The topological polar surface area (TPSA) is 61.0 Å². The van der Waals surface area contributed by atoms with E-state index in [0.29, 0.717) is 11.7 Å². The first kappa shape index (κ1) is 7.72. The number of hydrogen-bond donors (Lipinski definition) is 0. The number of rotatable bonds is 2. The smallest absolute Gasteiger partial charge is 0.224 e. The monoisotopic (exact) mass is 177 g/mol. The van der Waals surface area contributed by atoms with Crippen molar-refractivity contribution in [2.75, 3.05) is 7.11 Å². The molecule has 2 rings (SSSR count). The minimum Gasteiger partial charge on any atom is -0.480 e. The molecule has 0 amide bonds. The molecule has 0 saturated heterocycles. The van der Waals surface area contributed by atoms with E-state index in [-0.39, 0.29) is 0 Å². The highest BCUT2D eigenvalue weighted by molar-refractivity contribution is 5.60. The summed E-state index contributed by atoms with van der Waals surface area (Å²) in [6, 6.07) is 3.60. The number of hydrogen-bond acceptors (Lipinski definition) is 5. The zero-order valence-electron chi connectivity index (χ0n) is 6.97. The van der Waals surface area contributed by atoms with Gasteiger partial charge in [0.2, 0.25) is 18.1 Å². The number of aromatic nitrogens is 3. The molecule has 0 saturated carbocycles. The summed E-state index contributed by atoms with van der Waals surface area (Å²) in [6.45, 7) is 0. The van der Waals surface area contributed by atoms with E-state index < -0.39 is 0 Å². The van der Waals surface area contributed by atoms with Gasteiger partial charge in [-0.05, 0) is 12.1 Å². The molecule has 0 N–H and O–H groups in total. The first-order valence-electron chi connectivity index (χ1n) is 3.67. The molecule has 0 aliphatic carbocycles. The van der Waals surface area contributed by atoms with Crippen molar-refractivity contribution in [3.8, 4) is 17.3 Å². The molecule has 66 valence electrons. The summed E-state index contributed by atoms with van der Waals surface area (Å²) in [5.74, 6) is 0.967. The SMILES string of the molecule is COc1ncccc1-c1ncon1. The van der Waals surface area contributed by atoms with Gasteiger partial charge >= 0.3 is 0 Å². The highest BCUT2D eigenvalue weighted by Gasteiger charge is 2.09. The maximum absolute atomic E-state index is 5.04. The lowest BCUT2D eigenvalue weighted by molar-refractivity contribution is 0.397. The van der Waals surface area contributed by atoms with Crippen LogP contribution in [0.4, 0.5) is 0 Å². The highest BCUT2D eigenvalue weighted by atomic mass is 16.5. The van der Waals surface area contributed by atoms with Gasteiger partial charge in [0.25, 0.3) is 0 Å². The van der Waals surface area contributed by atoms with E-state index in [1.54, 1.807) is 19.4 Å². The summed E-state index contributed by atoms with van der Waals surface area (Å²) in [4.78, 5) is 7.91. The van der Waals surface area contributed by atoms with Gasteiger partial charge in [-0.2, -0.15) is 4.98 Å². The van der Waals surface area contributed by atoms with Crippen LogP contribution < -0.4 is 4.74 Å². The normalized spacial score (nSPS) is 9.92. The summed E-state index contributed by atoms with van der Waals surface area (Å²) < 4.78 is 9.66. The Morgan fingerprint density at radius 3 is 3.00 bits per heavy atom. The maximum Gasteiger partial charge on any atom is 0.224 e. The molecule has 0 aromatic carbocycles. The Morgan fingerprint density at radius 2 is 2.31 bits per heavy atom. The van der Waals surface area contributed by atoms with Gasteiger partial charge in [-0.1, -0.05) is 5.16 Å². The standard InChI is InChI=1S/C8H7N3O2/c1-12-8-6(3-2-4-9-8)7-10-5-13-11-7/h2-5H,1H3.